The zero-order valence-corrected chi connectivity index (χ0v) is 12.2. The van der Waals surface area contributed by atoms with Gasteiger partial charge in [0, 0.05) is 18.8 Å². The fourth-order valence-corrected chi connectivity index (χ4v) is 1.59. The van der Waals surface area contributed by atoms with Gasteiger partial charge in [-0.3, -0.25) is 4.79 Å². The van der Waals surface area contributed by atoms with E-state index in [-0.39, 0.29) is 18.5 Å². The number of ether oxygens (including phenoxy) is 1. The summed E-state index contributed by atoms with van der Waals surface area (Å²) in [6, 6.07) is 8.07. The van der Waals surface area contributed by atoms with Crippen LogP contribution in [0.5, 0.6) is 0 Å². The third kappa shape index (κ3) is 5.75. The molecular weight excluding hydrogens is 240 g/mol. The van der Waals surface area contributed by atoms with Crippen molar-refractivity contribution >= 4 is 11.6 Å². The SMILES string of the molecule is COCc1cccc(NCC(=O)NC(C)C(C)C)c1. The zero-order valence-electron chi connectivity index (χ0n) is 12.2. The van der Waals surface area contributed by atoms with Gasteiger partial charge in [0.1, 0.15) is 0 Å². The number of hydrogen-bond acceptors (Lipinski definition) is 3. The number of carbonyl (C=O) groups excluding carboxylic acids is 1. The minimum absolute atomic E-state index is 0.0124. The van der Waals surface area contributed by atoms with E-state index >= 15 is 0 Å². The molecule has 19 heavy (non-hydrogen) atoms. The number of amides is 1. The molecule has 0 aromatic heterocycles. The molecule has 1 unspecified atom stereocenters. The predicted molar refractivity (Wildman–Crippen MR) is 78.1 cm³/mol. The van der Waals surface area contributed by atoms with Crippen LogP contribution in [0.4, 0.5) is 5.69 Å². The van der Waals surface area contributed by atoms with Gasteiger partial charge in [-0.15, -0.1) is 0 Å². The van der Waals surface area contributed by atoms with Gasteiger partial charge in [0.25, 0.3) is 0 Å². The Morgan fingerprint density at radius 2 is 2.05 bits per heavy atom. The highest BCUT2D eigenvalue weighted by atomic mass is 16.5. The Morgan fingerprint density at radius 1 is 1.32 bits per heavy atom. The summed E-state index contributed by atoms with van der Waals surface area (Å²) in [7, 11) is 1.67. The standard InChI is InChI=1S/C15H24N2O2/c1-11(2)12(3)17-15(18)9-16-14-7-5-6-13(8-14)10-19-4/h5-8,11-12,16H,9-10H2,1-4H3,(H,17,18). The van der Waals surface area contributed by atoms with Gasteiger partial charge in [0.05, 0.1) is 13.2 Å². The molecule has 1 aromatic carbocycles. The molecule has 2 N–H and O–H groups in total. The molecule has 0 bridgehead atoms. The van der Waals surface area contributed by atoms with Crippen LogP contribution in [0.25, 0.3) is 0 Å². The summed E-state index contributed by atoms with van der Waals surface area (Å²) < 4.78 is 5.08. The van der Waals surface area contributed by atoms with E-state index in [9.17, 15) is 4.79 Å². The lowest BCUT2D eigenvalue weighted by Crippen LogP contribution is -2.39. The molecule has 1 atom stereocenters. The second-order valence-corrected chi connectivity index (χ2v) is 5.09. The number of anilines is 1. The van der Waals surface area contributed by atoms with Gasteiger partial charge in [0.2, 0.25) is 5.91 Å². The van der Waals surface area contributed by atoms with Crippen LogP contribution in [0.2, 0.25) is 0 Å². The minimum atomic E-state index is 0.0124. The first kappa shape index (κ1) is 15.5. The average Bonchev–Trinajstić information content (AvgIpc) is 2.37. The summed E-state index contributed by atoms with van der Waals surface area (Å²) in [5, 5.41) is 6.08. The first-order valence-corrected chi connectivity index (χ1v) is 6.64. The molecule has 4 nitrogen and oxygen atoms in total. The van der Waals surface area contributed by atoms with E-state index in [1.165, 1.54) is 0 Å². The Hall–Kier alpha value is -1.55. The molecule has 0 radical (unpaired) electrons. The Bertz CT molecular complexity index is 405. The van der Waals surface area contributed by atoms with Crippen molar-refractivity contribution in [3.8, 4) is 0 Å². The maximum absolute atomic E-state index is 11.7. The second kappa shape index (κ2) is 7.79. The Balaban J connectivity index is 2.43. The van der Waals surface area contributed by atoms with Crippen molar-refractivity contribution in [3.63, 3.8) is 0 Å². The number of carbonyl (C=O) groups is 1. The molecule has 0 spiro atoms. The van der Waals surface area contributed by atoms with Gasteiger partial charge in [-0.25, -0.2) is 0 Å². The van der Waals surface area contributed by atoms with E-state index in [0.717, 1.165) is 11.3 Å². The van der Waals surface area contributed by atoms with Crippen LogP contribution >= 0.6 is 0 Å². The monoisotopic (exact) mass is 264 g/mol. The van der Waals surface area contributed by atoms with Crippen LogP contribution in [0, 0.1) is 5.92 Å². The van der Waals surface area contributed by atoms with Gasteiger partial charge in [-0.05, 0) is 30.5 Å². The molecule has 1 rings (SSSR count). The summed E-state index contributed by atoms with van der Waals surface area (Å²) in [5.41, 5.74) is 2.02. The van der Waals surface area contributed by atoms with Crippen molar-refractivity contribution in [2.24, 2.45) is 5.92 Å². The quantitative estimate of drug-likeness (QED) is 0.795. The predicted octanol–water partition coefficient (Wildman–Crippen LogP) is 2.41. The normalized spacial score (nSPS) is 12.3. The van der Waals surface area contributed by atoms with Crippen molar-refractivity contribution in [2.45, 2.75) is 33.4 Å². The molecule has 0 aliphatic heterocycles. The van der Waals surface area contributed by atoms with Gasteiger partial charge in [-0.2, -0.15) is 0 Å². The van der Waals surface area contributed by atoms with Crippen molar-refractivity contribution in [2.75, 3.05) is 19.0 Å². The number of nitrogens with one attached hydrogen (secondary N) is 2. The average molecular weight is 264 g/mol. The molecule has 0 heterocycles. The molecular formula is C15H24N2O2. The molecule has 0 fully saturated rings. The van der Waals surface area contributed by atoms with E-state index < -0.39 is 0 Å². The van der Waals surface area contributed by atoms with Crippen LogP contribution in [-0.4, -0.2) is 25.6 Å². The Labute approximate surface area is 115 Å². The van der Waals surface area contributed by atoms with Gasteiger partial charge in [-0.1, -0.05) is 26.0 Å². The highest BCUT2D eigenvalue weighted by molar-refractivity contribution is 5.80. The van der Waals surface area contributed by atoms with Crippen molar-refractivity contribution in [3.05, 3.63) is 29.8 Å². The topological polar surface area (TPSA) is 50.4 Å². The van der Waals surface area contributed by atoms with E-state index in [1.54, 1.807) is 7.11 Å². The number of rotatable bonds is 7. The number of hydrogen-bond donors (Lipinski definition) is 2. The summed E-state index contributed by atoms with van der Waals surface area (Å²) in [6.45, 7) is 7.06. The maximum atomic E-state index is 11.7. The fourth-order valence-electron chi connectivity index (χ4n) is 1.59. The second-order valence-electron chi connectivity index (χ2n) is 5.09. The van der Waals surface area contributed by atoms with Crippen LogP contribution < -0.4 is 10.6 Å². The maximum Gasteiger partial charge on any atom is 0.239 e. The van der Waals surface area contributed by atoms with Crippen LogP contribution in [0.15, 0.2) is 24.3 Å². The Kier molecular flexibility index (Phi) is 6.36. The summed E-state index contributed by atoms with van der Waals surface area (Å²) in [6.07, 6.45) is 0. The van der Waals surface area contributed by atoms with Crippen LogP contribution in [0.3, 0.4) is 0 Å². The van der Waals surface area contributed by atoms with Gasteiger partial charge < -0.3 is 15.4 Å². The largest absolute Gasteiger partial charge is 0.380 e. The number of benzene rings is 1. The van der Waals surface area contributed by atoms with E-state index in [4.69, 9.17) is 4.74 Å². The molecule has 106 valence electrons. The first-order valence-electron chi connectivity index (χ1n) is 6.64. The summed E-state index contributed by atoms with van der Waals surface area (Å²) in [5.74, 6) is 0.451. The van der Waals surface area contributed by atoms with Crippen LogP contribution in [-0.2, 0) is 16.1 Å². The minimum Gasteiger partial charge on any atom is -0.380 e. The van der Waals surface area contributed by atoms with Crippen molar-refractivity contribution in [1.82, 2.24) is 5.32 Å². The number of methoxy groups -OCH3 is 1. The van der Waals surface area contributed by atoms with Crippen molar-refractivity contribution in [1.29, 1.82) is 0 Å². The third-order valence-corrected chi connectivity index (χ3v) is 3.08. The van der Waals surface area contributed by atoms with Gasteiger partial charge in [0.15, 0.2) is 0 Å². The zero-order chi connectivity index (χ0) is 14.3. The fraction of sp³-hybridized carbons (Fsp3) is 0.533. The first-order chi connectivity index (χ1) is 9.02. The van der Waals surface area contributed by atoms with Crippen LogP contribution in [0.1, 0.15) is 26.3 Å². The Morgan fingerprint density at radius 3 is 2.68 bits per heavy atom. The smallest absolute Gasteiger partial charge is 0.239 e. The molecule has 1 amide bonds. The summed E-state index contributed by atoms with van der Waals surface area (Å²) >= 11 is 0. The molecule has 0 aliphatic carbocycles. The van der Waals surface area contributed by atoms with Crippen molar-refractivity contribution < 1.29 is 9.53 Å². The third-order valence-electron chi connectivity index (χ3n) is 3.08. The lowest BCUT2D eigenvalue weighted by atomic mass is 10.1. The lowest BCUT2D eigenvalue weighted by Gasteiger charge is -2.17. The highest BCUT2D eigenvalue weighted by Crippen LogP contribution is 2.11. The molecule has 4 heteroatoms. The van der Waals surface area contributed by atoms with E-state index in [1.807, 2.05) is 31.2 Å². The van der Waals surface area contributed by atoms with E-state index in [2.05, 4.69) is 24.5 Å². The molecule has 0 saturated heterocycles. The van der Waals surface area contributed by atoms with Gasteiger partial charge >= 0.3 is 0 Å². The van der Waals surface area contributed by atoms with E-state index in [0.29, 0.717) is 12.5 Å². The molecule has 0 saturated carbocycles. The molecule has 1 aromatic rings. The molecule has 0 aliphatic rings. The highest BCUT2D eigenvalue weighted by Gasteiger charge is 2.10. The summed E-state index contributed by atoms with van der Waals surface area (Å²) in [4.78, 5) is 11.7. The lowest BCUT2D eigenvalue weighted by molar-refractivity contribution is -0.120.